The Bertz CT molecular complexity index is 422. The van der Waals surface area contributed by atoms with Gasteiger partial charge in [-0.1, -0.05) is 0 Å². The van der Waals surface area contributed by atoms with Crippen LogP contribution >= 0.6 is 24.8 Å². The van der Waals surface area contributed by atoms with E-state index in [0.717, 1.165) is 30.9 Å². The summed E-state index contributed by atoms with van der Waals surface area (Å²) in [7, 11) is 1.94. The molecule has 1 aromatic heterocycles. The van der Waals surface area contributed by atoms with Gasteiger partial charge in [-0.15, -0.1) is 24.8 Å². The molecular weight excluding hydrogens is 287 g/mol. The number of carbonyl (C=O) groups excluding carboxylic acids is 1. The van der Waals surface area contributed by atoms with Crippen LogP contribution in [0.3, 0.4) is 0 Å². The molecule has 1 fully saturated rings. The van der Waals surface area contributed by atoms with E-state index in [1.807, 2.05) is 31.9 Å². The summed E-state index contributed by atoms with van der Waals surface area (Å²) in [6, 6.07) is 2.44. The fourth-order valence-electron chi connectivity index (χ4n) is 2.29. The van der Waals surface area contributed by atoms with Gasteiger partial charge < -0.3 is 10.2 Å². The second-order valence-corrected chi connectivity index (χ2v) is 4.70. The lowest BCUT2D eigenvalue weighted by atomic mass is 10.3. The van der Waals surface area contributed by atoms with Crippen LogP contribution in [0.25, 0.3) is 0 Å². The average molecular weight is 309 g/mol. The summed E-state index contributed by atoms with van der Waals surface area (Å²) >= 11 is 0. The van der Waals surface area contributed by atoms with E-state index in [2.05, 4.69) is 10.4 Å². The van der Waals surface area contributed by atoms with E-state index >= 15 is 0 Å². The van der Waals surface area contributed by atoms with E-state index in [1.54, 1.807) is 4.68 Å². The molecule has 0 aromatic carbocycles. The highest BCUT2D eigenvalue weighted by Crippen LogP contribution is 2.10. The fourth-order valence-corrected chi connectivity index (χ4v) is 2.29. The third kappa shape index (κ3) is 4.37. The smallest absolute Gasteiger partial charge is 0.244 e. The quantitative estimate of drug-likeness (QED) is 0.912. The summed E-state index contributed by atoms with van der Waals surface area (Å²) in [6.07, 6.45) is 1.04. The Morgan fingerprint density at radius 1 is 1.47 bits per heavy atom. The molecule has 19 heavy (non-hydrogen) atoms. The Labute approximate surface area is 126 Å². The largest absolute Gasteiger partial charge is 0.339 e. The van der Waals surface area contributed by atoms with Gasteiger partial charge in [0.25, 0.3) is 0 Å². The van der Waals surface area contributed by atoms with Gasteiger partial charge in [0.1, 0.15) is 6.54 Å². The van der Waals surface area contributed by atoms with Crippen LogP contribution in [0.15, 0.2) is 6.07 Å². The van der Waals surface area contributed by atoms with Crippen molar-refractivity contribution in [2.75, 3.05) is 20.1 Å². The van der Waals surface area contributed by atoms with Gasteiger partial charge in [0, 0.05) is 24.8 Å². The van der Waals surface area contributed by atoms with Gasteiger partial charge in [0.2, 0.25) is 5.91 Å². The molecule has 5 nitrogen and oxygen atoms in total. The van der Waals surface area contributed by atoms with Crippen molar-refractivity contribution in [3.05, 3.63) is 17.5 Å². The monoisotopic (exact) mass is 308 g/mol. The number of halogens is 2. The normalized spacial score (nSPS) is 17.8. The minimum Gasteiger partial charge on any atom is -0.339 e. The number of likely N-dealkylation sites (N-methyl/N-ethyl adjacent to an activating group) is 1. The number of hydrogen-bond donors (Lipinski definition) is 1. The highest BCUT2D eigenvalue weighted by molar-refractivity contribution is 5.85. The Morgan fingerprint density at radius 3 is 2.63 bits per heavy atom. The first-order valence-electron chi connectivity index (χ1n) is 6.06. The number of nitrogens with one attached hydrogen (secondary N) is 1. The summed E-state index contributed by atoms with van der Waals surface area (Å²) in [6.45, 7) is 5.95. The Balaban J connectivity index is 0.00000162. The number of hydrogen-bond acceptors (Lipinski definition) is 3. The molecule has 1 amide bonds. The predicted octanol–water partition coefficient (Wildman–Crippen LogP) is 1.16. The average Bonchev–Trinajstić information content (AvgIpc) is 2.86. The van der Waals surface area contributed by atoms with Crippen molar-refractivity contribution >= 4 is 30.7 Å². The summed E-state index contributed by atoms with van der Waals surface area (Å²) in [4.78, 5) is 14.0. The maximum absolute atomic E-state index is 12.1. The van der Waals surface area contributed by atoms with Gasteiger partial charge in [-0.05, 0) is 33.4 Å². The molecule has 1 aliphatic heterocycles. The molecule has 2 rings (SSSR count). The second-order valence-electron chi connectivity index (χ2n) is 4.70. The summed E-state index contributed by atoms with van der Waals surface area (Å²) in [5.74, 6) is 0.161. The van der Waals surface area contributed by atoms with Crippen LogP contribution in [0.5, 0.6) is 0 Å². The molecule has 2 heterocycles. The van der Waals surface area contributed by atoms with Gasteiger partial charge in [-0.2, -0.15) is 5.10 Å². The molecule has 0 spiro atoms. The molecule has 0 bridgehead atoms. The molecule has 1 unspecified atom stereocenters. The molecule has 1 saturated heterocycles. The minimum atomic E-state index is 0. The molecule has 110 valence electrons. The maximum Gasteiger partial charge on any atom is 0.244 e. The van der Waals surface area contributed by atoms with Gasteiger partial charge in [0.05, 0.1) is 5.69 Å². The molecule has 0 aliphatic carbocycles. The van der Waals surface area contributed by atoms with Gasteiger partial charge in [0.15, 0.2) is 0 Å². The molecule has 1 aliphatic rings. The first-order valence-corrected chi connectivity index (χ1v) is 6.06. The predicted molar refractivity (Wildman–Crippen MR) is 80.2 cm³/mol. The summed E-state index contributed by atoms with van der Waals surface area (Å²) in [5.41, 5.74) is 2.00. The first-order chi connectivity index (χ1) is 8.10. The Hall–Kier alpha value is -0.780. The van der Waals surface area contributed by atoms with Crippen molar-refractivity contribution in [2.24, 2.45) is 0 Å². The molecule has 1 atom stereocenters. The van der Waals surface area contributed by atoms with Crippen LogP contribution in [0.1, 0.15) is 17.8 Å². The lowest BCUT2D eigenvalue weighted by molar-refractivity contribution is -0.131. The standard InChI is InChI=1S/C12H20N4O.2ClH/c1-9-6-10(2)16(14-9)8-12(17)15-5-4-11(7-15)13-3;;/h6,11,13H,4-5,7-8H2,1-3H3;2*1H. The topological polar surface area (TPSA) is 50.2 Å². The zero-order chi connectivity index (χ0) is 12.4. The van der Waals surface area contributed by atoms with E-state index in [0.29, 0.717) is 12.6 Å². The number of aromatic nitrogens is 2. The van der Waals surface area contributed by atoms with Crippen LogP contribution < -0.4 is 5.32 Å². The number of nitrogens with zero attached hydrogens (tertiary/aromatic N) is 3. The summed E-state index contributed by atoms with van der Waals surface area (Å²) < 4.78 is 1.78. The van der Waals surface area contributed by atoms with E-state index in [-0.39, 0.29) is 30.7 Å². The molecule has 0 saturated carbocycles. The fraction of sp³-hybridized carbons (Fsp3) is 0.667. The first kappa shape index (κ1) is 18.2. The van der Waals surface area contributed by atoms with Crippen LogP contribution in [0.4, 0.5) is 0 Å². The number of carbonyl (C=O) groups is 1. The highest BCUT2D eigenvalue weighted by atomic mass is 35.5. The highest BCUT2D eigenvalue weighted by Gasteiger charge is 2.25. The van der Waals surface area contributed by atoms with E-state index in [1.165, 1.54) is 0 Å². The number of amides is 1. The number of aryl methyl sites for hydroxylation is 2. The van der Waals surface area contributed by atoms with Gasteiger partial charge >= 0.3 is 0 Å². The number of rotatable bonds is 3. The molecule has 1 aromatic rings. The third-order valence-corrected chi connectivity index (χ3v) is 3.34. The van der Waals surface area contributed by atoms with Crippen molar-refractivity contribution in [1.29, 1.82) is 0 Å². The van der Waals surface area contributed by atoms with E-state index < -0.39 is 0 Å². The third-order valence-electron chi connectivity index (χ3n) is 3.34. The SMILES string of the molecule is CNC1CCN(C(=O)Cn2nc(C)cc2C)C1.Cl.Cl. The number of likely N-dealkylation sites (tertiary alicyclic amines) is 1. The molecule has 0 radical (unpaired) electrons. The van der Waals surface area contributed by atoms with E-state index in [4.69, 9.17) is 0 Å². The zero-order valence-corrected chi connectivity index (χ0v) is 13.2. The lowest BCUT2D eigenvalue weighted by Gasteiger charge is -2.16. The van der Waals surface area contributed by atoms with Crippen LogP contribution in [0, 0.1) is 13.8 Å². The van der Waals surface area contributed by atoms with Crippen LogP contribution in [-0.4, -0.2) is 46.8 Å². The van der Waals surface area contributed by atoms with E-state index in [9.17, 15) is 4.79 Å². The molecule has 1 N–H and O–H groups in total. The maximum atomic E-state index is 12.1. The van der Waals surface area contributed by atoms with Crippen molar-refractivity contribution in [1.82, 2.24) is 20.0 Å². The minimum absolute atomic E-state index is 0. The van der Waals surface area contributed by atoms with Crippen LogP contribution in [0.2, 0.25) is 0 Å². The zero-order valence-electron chi connectivity index (χ0n) is 11.5. The van der Waals surface area contributed by atoms with Crippen molar-refractivity contribution in [3.8, 4) is 0 Å². The lowest BCUT2D eigenvalue weighted by Crippen LogP contribution is -2.35. The Morgan fingerprint density at radius 2 is 2.16 bits per heavy atom. The Kier molecular flexibility index (Phi) is 7.41. The molecular formula is C12H22Cl2N4O. The second kappa shape index (κ2) is 7.72. The van der Waals surface area contributed by atoms with Gasteiger partial charge in [-0.25, -0.2) is 0 Å². The summed E-state index contributed by atoms with van der Waals surface area (Å²) in [5, 5.41) is 7.53. The van der Waals surface area contributed by atoms with Crippen molar-refractivity contribution < 1.29 is 4.79 Å². The van der Waals surface area contributed by atoms with Gasteiger partial charge in [-0.3, -0.25) is 9.48 Å². The molecule has 7 heteroatoms. The van der Waals surface area contributed by atoms with Crippen molar-refractivity contribution in [3.63, 3.8) is 0 Å². The van der Waals surface area contributed by atoms with Crippen molar-refractivity contribution in [2.45, 2.75) is 32.9 Å². The van der Waals surface area contributed by atoms with Crippen LogP contribution in [-0.2, 0) is 11.3 Å².